The van der Waals surface area contributed by atoms with Crippen molar-refractivity contribution < 1.29 is 23.0 Å². The van der Waals surface area contributed by atoms with E-state index in [0.29, 0.717) is 87.8 Å². The molecule has 202 valence electrons. The summed E-state index contributed by atoms with van der Waals surface area (Å²) in [6.07, 6.45) is -2.78. The molecule has 13 heteroatoms. The van der Waals surface area contributed by atoms with E-state index in [-0.39, 0.29) is 17.8 Å². The Morgan fingerprint density at radius 3 is 2.45 bits per heavy atom. The Labute approximate surface area is 218 Å². The lowest BCUT2D eigenvalue weighted by Gasteiger charge is -2.41. The molecule has 0 aliphatic carbocycles. The van der Waals surface area contributed by atoms with Gasteiger partial charge in [-0.2, -0.15) is 9.97 Å². The number of nitrogens with zero attached hydrogens (tertiary/aromatic N) is 7. The number of hydrogen-bond acceptors (Lipinski definition) is 9. The number of likely N-dealkylation sites (tertiary alicyclic amines) is 1. The number of carbonyl (C=O) groups is 1. The normalized spacial score (nSPS) is 19.2. The number of anilines is 2. The summed E-state index contributed by atoms with van der Waals surface area (Å²) in [5.41, 5.74) is 1.01. The molecule has 3 fully saturated rings. The number of halogens is 2. The van der Waals surface area contributed by atoms with Crippen molar-refractivity contribution >= 4 is 28.7 Å². The zero-order chi connectivity index (χ0) is 26.1. The smallest absolute Gasteiger partial charge is 0.296 e. The Morgan fingerprint density at radius 2 is 1.71 bits per heavy atom. The van der Waals surface area contributed by atoms with E-state index in [4.69, 9.17) is 14.5 Å². The summed E-state index contributed by atoms with van der Waals surface area (Å²) in [6.45, 7) is 6.58. The maximum atomic E-state index is 14.1. The summed E-state index contributed by atoms with van der Waals surface area (Å²) in [6, 6.07) is 8.68. The molecular formula is C25H30F2N8O3. The molecule has 5 heterocycles. The van der Waals surface area contributed by atoms with Gasteiger partial charge >= 0.3 is 0 Å². The van der Waals surface area contributed by atoms with Crippen LogP contribution in [0.4, 0.5) is 20.5 Å². The van der Waals surface area contributed by atoms with Crippen molar-refractivity contribution in [3.05, 3.63) is 36.2 Å². The largest absolute Gasteiger partial charge is 0.379 e. The molecule has 0 saturated carbocycles. The van der Waals surface area contributed by atoms with Crippen LogP contribution in [0.2, 0.25) is 0 Å². The van der Waals surface area contributed by atoms with Gasteiger partial charge in [-0.3, -0.25) is 14.3 Å². The van der Waals surface area contributed by atoms with Gasteiger partial charge in [-0.1, -0.05) is 12.1 Å². The van der Waals surface area contributed by atoms with Crippen molar-refractivity contribution in [1.82, 2.24) is 29.3 Å². The number of benzene rings is 1. The predicted molar refractivity (Wildman–Crippen MR) is 136 cm³/mol. The van der Waals surface area contributed by atoms with Crippen molar-refractivity contribution in [2.45, 2.75) is 12.5 Å². The van der Waals surface area contributed by atoms with E-state index in [2.05, 4.69) is 20.2 Å². The molecule has 3 aliphatic heterocycles. The summed E-state index contributed by atoms with van der Waals surface area (Å²) in [5.74, 6) is 0.985. The van der Waals surface area contributed by atoms with E-state index in [1.807, 2.05) is 9.80 Å². The van der Waals surface area contributed by atoms with Crippen LogP contribution in [-0.2, 0) is 14.3 Å². The van der Waals surface area contributed by atoms with Gasteiger partial charge in [0.15, 0.2) is 5.82 Å². The fourth-order valence-electron chi connectivity index (χ4n) is 4.98. The molecule has 1 N–H and O–H groups in total. The highest BCUT2D eigenvalue weighted by atomic mass is 19.3. The minimum Gasteiger partial charge on any atom is -0.379 e. The molecule has 1 amide bonds. The second-order valence-electron chi connectivity index (χ2n) is 9.63. The Hall–Kier alpha value is -3.42. The van der Waals surface area contributed by atoms with Crippen LogP contribution in [0.3, 0.4) is 0 Å². The van der Waals surface area contributed by atoms with E-state index < -0.39 is 6.43 Å². The van der Waals surface area contributed by atoms with Gasteiger partial charge in [-0.05, 0) is 12.1 Å². The first-order valence-electron chi connectivity index (χ1n) is 12.9. The third-order valence-corrected chi connectivity index (χ3v) is 7.05. The lowest BCUT2D eigenvalue weighted by molar-refractivity contribution is -0.137. The van der Waals surface area contributed by atoms with Crippen LogP contribution < -0.4 is 10.2 Å². The molecule has 11 nitrogen and oxygen atoms in total. The summed E-state index contributed by atoms with van der Waals surface area (Å²) in [7, 11) is 0. The number of ether oxygens (including phenoxy) is 2. The van der Waals surface area contributed by atoms with Gasteiger partial charge < -0.3 is 24.6 Å². The standard InChI is InChI=1S/C25H30F2N8O3/c26-23(27)24-29-18-3-1-2-4-19(18)35(24)21-13-20(30-25(31-21)33-7-11-38-12-8-33)28-17-14-34(15-17)22(36)16-32-5-9-37-10-6-32/h1-4,13,17,23H,5-12,14-16H2,(H,28,30,31). The fourth-order valence-corrected chi connectivity index (χ4v) is 4.98. The molecule has 3 saturated heterocycles. The first kappa shape index (κ1) is 24.9. The third-order valence-electron chi connectivity index (χ3n) is 7.05. The average molecular weight is 529 g/mol. The number of fused-ring (bicyclic) bond motifs is 1. The Kier molecular flexibility index (Phi) is 7.04. The maximum Gasteiger partial charge on any atom is 0.296 e. The number of rotatable bonds is 7. The first-order valence-corrected chi connectivity index (χ1v) is 12.9. The van der Waals surface area contributed by atoms with Crippen molar-refractivity contribution in [2.24, 2.45) is 0 Å². The van der Waals surface area contributed by atoms with Gasteiger partial charge in [0.1, 0.15) is 11.6 Å². The van der Waals surface area contributed by atoms with Gasteiger partial charge in [-0.25, -0.2) is 13.8 Å². The van der Waals surface area contributed by atoms with Gasteiger partial charge in [-0.15, -0.1) is 0 Å². The van der Waals surface area contributed by atoms with Crippen LogP contribution in [0.5, 0.6) is 0 Å². The predicted octanol–water partition coefficient (Wildman–Crippen LogP) is 1.54. The van der Waals surface area contributed by atoms with E-state index >= 15 is 0 Å². The first-order chi connectivity index (χ1) is 18.5. The number of morpholine rings is 2. The Bertz CT molecular complexity index is 1290. The molecule has 38 heavy (non-hydrogen) atoms. The van der Waals surface area contributed by atoms with Crippen LogP contribution in [0, 0.1) is 0 Å². The molecule has 0 radical (unpaired) electrons. The molecule has 6 rings (SSSR count). The highest BCUT2D eigenvalue weighted by Gasteiger charge is 2.32. The van der Waals surface area contributed by atoms with E-state index in [9.17, 15) is 13.6 Å². The van der Waals surface area contributed by atoms with Crippen LogP contribution in [0.15, 0.2) is 30.3 Å². The van der Waals surface area contributed by atoms with Crippen molar-refractivity contribution in [1.29, 1.82) is 0 Å². The highest BCUT2D eigenvalue weighted by Crippen LogP contribution is 2.29. The average Bonchev–Trinajstić information content (AvgIpc) is 3.31. The summed E-state index contributed by atoms with van der Waals surface area (Å²) >= 11 is 0. The molecule has 3 aliphatic rings. The molecule has 3 aromatic rings. The highest BCUT2D eigenvalue weighted by molar-refractivity contribution is 5.80. The van der Waals surface area contributed by atoms with E-state index in [1.54, 1.807) is 30.3 Å². The summed E-state index contributed by atoms with van der Waals surface area (Å²) < 4.78 is 40.3. The molecule has 1 aromatic carbocycles. The summed E-state index contributed by atoms with van der Waals surface area (Å²) in [4.78, 5) is 32.1. The number of nitrogens with one attached hydrogen (secondary N) is 1. The zero-order valence-electron chi connectivity index (χ0n) is 20.9. The molecular weight excluding hydrogens is 498 g/mol. The number of amides is 1. The van der Waals surface area contributed by atoms with Crippen LogP contribution >= 0.6 is 0 Å². The monoisotopic (exact) mass is 528 g/mol. The minimum atomic E-state index is -2.78. The maximum absolute atomic E-state index is 14.1. The molecule has 2 aromatic heterocycles. The Morgan fingerprint density at radius 1 is 1.00 bits per heavy atom. The third kappa shape index (κ3) is 5.13. The van der Waals surface area contributed by atoms with Crippen molar-refractivity contribution in [3.8, 4) is 5.82 Å². The van der Waals surface area contributed by atoms with Gasteiger partial charge in [0.2, 0.25) is 11.9 Å². The molecule has 0 spiro atoms. The topological polar surface area (TPSA) is 101 Å². The fraction of sp³-hybridized carbons (Fsp3) is 0.520. The van der Waals surface area contributed by atoms with E-state index in [0.717, 1.165) is 13.1 Å². The second kappa shape index (κ2) is 10.8. The number of para-hydroxylation sites is 2. The van der Waals surface area contributed by atoms with Gasteiger partial charge in [0.05, 0.1) is 50.0 Å². The molecule has 0 unspecified atom stereocenters. The van der Waals surface area contributed by atoms with Crippen molar-refractivity contribution in [2.75, 3.05) is 82.5 Å². The zero-order valence-corrected chi connectivity index (χ0v) is 20.9. The minimum absolute atomic E-state index is 0.00183. The van der Waals surface area contributed by atoms with Crippen LogP contribution in [0.25, 0.3) is 16.9 Å². The number of alkyl halides is 2. The van der Waals surface area contributed by atoms with Crippen LogP contribution in [-0.4, -0.2) is 114 Å². The van der Waals surface area contributed by atoms with Gasteiger partial charge in [0, 0.05) is 45.3 Å². The SMILES string of the molecule is O=C(CN1CCOCC1)N1CC(Nc2cc(-n3c(C(F)F)nc4ccccc43)nc(N3CCOCC3)n2)C1. The van der Waals surface area contributed by atoms with Gasteiger partial charge in [0.25, 0.3) is 6.43 Å². The second-order valence-corrected chi connectivity index (χ2v) is 9.63. The quantitative estimate of drug-likeness (QED) is 0.490. The number of carbonyl (C=O) groups excluding carboxylic acids is 1. The number of imidazole rings is 1. The van der Waals surface area contributed by atoms with Crippen molar-refractivity contribution in [3.63, 3.8) is 0 Å². The van der Waals surface area contributed by atoms with E-state index in [1.165, 1.54) is 4.57 Å². The molecule has 0 bridgehead atoms. The summed E-state index contributed by atoms with van der Waals surface area (Å²) in [5, 5.41) is 3.39. The lowest BCUT2D eigenvalue weighted by atomic mass is 10.1. The van der Waals surface area contributed by atoms with Crippen LogP contribution in [0.1, 0.15) is 12.2 Å². The lowest BCUT2D eigenvalue weighted by Crippen LogP contribution is -2.59. The number of hydrogen-bond donors (Lipinski definition) is 1. The Balaban J connectivity index is 1.24. The molecule has 0 atom stereocenters. The number of aromatic nitrogens is 4.